The molecule has 2 aromatic rings. The van der Waals surface area contributed by atoms with Crippen LogP contribution >= 0.6 is 0 Å². The van der Waals surface area contributed by atoms with E-state index in [1.165, 1.54) is 6.07 Å². The molecule has 3 amide bonds. The number of nitrogens with two attached hydrogens (primary N) is 1. The minimum Gasteiger partial charge on any atom is -0.490 e. The maximum atomic E-state index is 14.7. The van der Waals surface area contributed by atoms with Crippen molar-refractivity contribution in [2.45, 2.75) is 38.5 Å². The fourth-order valence-electron chi connectivity index (χ4n) is 5.88. The van der Waals surface area contributed by atoms with Crippen molar-refractivity contribution in [1.82, 2.24) is 0 Å². The number of benzene rings is 2. The van der Waals surface area contributed by atoms with Crippen LogP contribution in [0.15, 0.2) is 41.4 Å². The summed E-state index contributed by atoms with van der Waals surface area (Å²) in [6.45, 7) is 1.34. The van der Waals surface area contributed by atoms with Crippen LogP contribution in [0.4, 0.5) is 21.5 Å². The number of fused-ring (bicyclic) bond motifs is 1. The summed E-state index contributed by atoms with van der Waals surface area (Å²) in [5.41, 5.74) is 6.90. The van der Waals surface area contributed by atoms with Gasteiger partial charge in [-0.3, -0.25) is 19.8 Å². The topological polar surface area (TPSA) is 129 Å². The third-order valence-corrected chi connectivity index (χ3v) is 8.04. The first-order valence-corrected chi connectivity index (χ1v) is 12.9. The summed E-state index contributed by atoms with van der Waals surface area (Å²) in [5, 5.41) is 8.46. The van der Waals surface area contributed by atoms with Crippen molar-refractivity contribution in [3.63, 3.8) is 0 Å². The van der Waals surface area contributed by atoms with E-state index in [9.17, 15) is 18.8 Å². The number of piperidine rings is 2. The SMILES string of the molecule is N=C(C(N)=O)C1C(=Nc2cc(F)c3c(c2)CCO3)C(=O)N(c2ccc(N3CCCCC3=O)cc2)CC12CC2. The van der Waals surface area contributed by atoms with E-state index in [-0.39, 0.29) is 28.8 Å². The van der Waals surface area contributed by atoms with E-state index in [4.69, 9.17) is 15.9 Å². The number of ether oxygens (including phenoxy) is 1. The normalized spacial score (nSPS) is 23.0. The average Bonchev–Trinajstić information content (AvgIpc) is 3.50. The van der Waals surface area contributed by atoms with Crippen molar-refractivity contribution in [3.8, 4) is 5.75 Å². The summed E-state index contributed by atoms with van der Waals surface area (Å²) in [6, 6.07) is 10.1. The molecule has 3 aliphatic heterocycles. The summed E-state index contributed by atoms with van der Waals surface area (Å²) >= 11 is 0. The van der Waals surface area contributed by atoms with Gasteiger partial charge >= 0.3 is 0 Å². The van der Waals surface area contributed by atoms with Gasteiger partial charge in [-0.1, -0.05) is 0 Å². The van der Waals surface area contributed by atoms with Crippen molar-refractivity contribution in [2.75, 3.05) is 29.5 Å². The summed E-state index contributed by atoms with van der Waals surface area (Å²) < 4.78 is 20.0. The highest BCUT2D eigenvalue weighted by Gasteiger charge is 2.60. The van der Waals surface area contributed by atoms with E-state index < -0.39 is 29.0 Å². The standard InChI is InChI=1S/C28H28FN5O4/c29-20-14-17(13-16-8-12-38-25(16)20)32-24-22(23(30)26(31)36)28(9-10-28)15-34(27(24)37)19-6-4-18(5-7-19)33-11-2-1-3-21(33)35/h4-7,13-14,22,30H,1-3,8-12,15H2,(H2,31,36). The molecular weight excluding hydrogens is 489 g/mol. The van der Waals surface area contributed by atoms with E-state index >= 15 is 0 Å². The van der Waals surface area contributed by atoms with Gasteiger partial charge in [-0.2, -0.15) is 0 Å². The molecule has 1 saturated carbocycles. The minimum absolute atomic E-state index is 0.00565. The summed E-state index contributed by atoms with van der Waals surface area (Å²) in [4.78, 5) is 46.3. The van der Waals surface area contributed by atoms with Crippen LogP contribution in [0.3, 0.4) is 0 Å². The molecule has 3 N–H and O–H groups in total. The lowest BCUT2D eigenvalue weighted by Gasteiger charge is -2.39. The molecule has 1 aliphatic carbocycles. The third-order valence-electron chi connectivity index (χ3n) is 8.04. The van der Waals surface area contributed by atoms with Gasteiger partial charge in [0.15, 0.2) is 11.6 Å². The van der Waals surface area contributed by atoms with Crippen molar-refractivity contribution < 1.29 is 23.5 Å². The number of rotatable bonds is 5. The molecule has 1 spiro atoms. The fourth-order valence-corrected chi connectivity index (χ4v) is 5.88. The molecule has 196 valence electrons. The number of anilines is 2. The molecule has 9 nitrogen and oxygen atoms in total. The van der Waals surface area contributed by atoms with E-state index in [0.29, 0.717) is 56.6 Å². The van der Waals surface area contributed by atoms with Gasteiger partial charge < -0.3 is 20.3 Å². The van der Waals surface area contributed by atoms with Gasteiger partial charge in [0.1, 0.15) is 11.4 Å². The summed E-state index contributed by atoms with van der Waals surface area (Å²) in [7, 11) is 0. The lowest BCUT2D eigenvalue weighted by molar-refractivity contribution is -0.119. The molecule has 0 radical (unpaired) electrons. The fraction of sp³-hybridized carbons (Fsp3) is 0.393. The molecule has 0 bridgehead atoms. The Morgan fingerprint density at radius 2 is 1.79 bits per heavy atom. The number of hydrogen-bond acceptors (Lipinski definition) is 6. The summed E-state index contributed by atoms with van der Waals surface area (Å²) in [6.07, 6.45) is 4.29. The Bertz CT molecular complexity index is 1400. The number of hydrogen-bond donors (Lipinski definition) is 2. The first-order valence-electron chi connectivity index (χ1n) is 12.9. The molecular formula is C28H28FN5O4. The third kappa shape index (κ3) is 4.04. The Balaban J connectivity index is 1.38. The molecule has 6 rings (SSSR count). The maximum absolute atomic E-state index is 14.7. The molecule has 0 aromatic heterocycles. The highest BCUT2D eigenvalue weighted by Crippen LogP contribution is 2.56. The average molecular weight is 518 g/mol. The van der Waals surface area contributed by atoms with Crippen molar-refractivity contribution >= 4 is 46.2 Å². The molecule has 3 heterocycles. The smallest absolute Gasteiger partial charge is 0.273 e. The van der Waals surface area contributed by atoms with Gasteiger partial charge in [0, 0.05) is 54.4 Å². The Morgan fingerprint density at radius 1 is 1.08 bits per heavy atom. The van der Waals surface area contributed by atoms with Gasteiger partial charge in [-0.15, -0.1) is 0 Å². The van der Waals surface area contributed by atoms with Gasteiger partial charge in [-0.25, -0.2) is 9.38 Å². The van der Waals surface area contributed by atoms with Crippen molar-refractivity contribution in [2.24, 2.45) is 22.1 Å². The second-order valence-corrected chi connectivity index (χ2v) is 10.5. The van der Waals surface area contributed by atoms with Crippen LogP contribution in [-0.4, -0.2) is 48.8 Å². The zero-order valence-electron chi connectivity index (χ0n) is 20.8. The second-order valence-electron chi connectivity index (χ2n) is 10.5. The largest absolute Gasteiger partial charge is 0.490 e. The quantitative estimate of drug-likeness (QED) is 0.590. The number of carbonyl (C=O) groups excluding carboxylic acids is 3. The van der Waals surface area contributed by atoms with Crippen LogP contribution < -0.4 is 20.3 Å². The number of carbonyl (C=O) groups is 3. The first-order chi connectivity index (χ1) is 18.3. The molecule has 10 heteroatoms. The van der Waals surface area contributed by atoms with Crippen LogP contribution in [0, 0.1) is 22.6 Å². The Kier molecular flexibility index (Phi) is 5.77. The van der Waals surface area contributed by atoms with Crippen LogP contribution in [0.25, 0.3) is 0 Å². The highest BCUT2D eigenvalue weighted by atomic mass is 19.1. The second kappa shape index (κ2) is 9.04. The van der Waals surface area contributed by atoms with Crippen LogP contribution in [0.2, 0.25) is 0 Å². The first kappa shape index (κ1) is 24.3. The Hall–Kier alpha value is -4.08. The predicted molar refractivity (Wildman–Crippen MR) is 140 cm³/mol. The summed E-state index contributed by atoms with van der Waals surface area (Å²) in [5.74, 6) is -2.52. The number of amides is 3. The molecule has 2 aromatic carbocycles. The number of aliphatic imine (C=N–C) groups is 1. The van der Waals surface area contributed by atoms with E-state index in [1.54, 1.807) is 28.0 Å². The molecule has 4 aliphatic rings. The molecule has 1 atom stereocenters. The van der Waals surface area contributed by atoms with E-state index in [0.717, 1.165) is 18.5 Å². The van der Waals surface area contributed by atoms with Crippen LogP contribution in [0.5, 0.6) is 5.75 Å². The highest BCUT2D eigenvalue weighted by molar-refractivity contribution is 6.54. The van der Waals surface area contributed by atoms with Gasteiger partial charge in [0.25, 0.3) is 11.8 Å². The van der Waals surface area contributed by atoms with Gasteiger partial charge in [-0.05, 0) is 56.0 Å². The van der Waals surface area contributed by atoms with Gasteiger partial charge in [0.2, 0.25) is 5.91 Å². The Labute approximate surface area is 219 Å². The van der Waals surface area contributed by atoms with Crippen molar-refractivity contribution in [1.29, 1.82) is 5.41 Å². The number of primary amides is 1. The Morgan fingerprint density at radius 3 is 2.45 bits per heavy atom. The number of nitrogens with one attached hydrogen (secondary N) is 1. The zero-order chi connectivity index (χ0) is 26.6. The zero-order valence-corrected chi connectivity index (χ0v) is 20.8. The van der Waals surface area contributed by atoms with E-state index in [2.05, 4.69) is 4.99 Å². The molecule has 1 unspecified atom stereocenters. The monoisotopic (exact) mass is 517 g/mol. The molecule has 3 fully saturated rings. The van der Waals surface area contributed by atoms with Crippen LogP contribution in [0.1, 0.15) is 37.7 Å². The predicted octanol–water partition coefficient (Wildman–Crippen LogP) is 3.30. The molecule has 38 heavy (non-hydrogen) atoms. The lowest BCUT2D eigenvalue weighted by Crippen LogP contribution is -2.56. The van der Waals surface area contributed by atoms with Crippen LogP contribution in [-0.2, 0) is 20.8 Å². The van der Waals surface area contributed by atoms with E-state index in [1.807, 2.05) is 12.1 Å². The lowest BCUT2D eigenvalue weighted by atomic mass is 9.76. The van der Waals surface area contributed by atoms with Gasteiger partial charge in [0.05, 0.1) is 18.2 Å². The molecule has 2 saturated heterocycles. The van der Waals surface area contributed by atoms with Crippen molar-refractivity contribution in [3.05, 3.63) is 47.8 Å². The number of halogens is 1. The maximum Gasteiger partial charge on any atom is 0.273 e. The number of nitrogens with zero attached hydrogens (tertiary/aromatic N) is 3. The minimum atomic E-state index is -0.903.